The summed E-state index contributed by atoms with van der Waals surface area (Å²) >= 11 is 5.02. The van der Waals surface area contributed by atoms with Gasteiger partial charge in [0, 0.05) is 15.6 Å². The first-order valence-electron chi connectivity index (χ1n) is 4.63. The van der Waals surface area contributed by atoms with Crippen LogP contribution in [0.5, 0.6) is 0 Å². The molecule has 1 heterocycles. The lowest BCUT2D eigenvalue weighted by atomic mass is 10.2. The fraction of sp³-hybridized carbons (Fsp3) is 0.0909. The number of rotatable bonds is 3. The van der Waals surface area contributed by atoms with Crippen LogP contribution in [0.2, 0.25) is 0 Å². The first kappa shape index (κ1) is 11.6. The molecule has 0 unspecified atom stereocenters. The van der Waals surface area contributed by atoms with Crippen molar-refractivity contribution in [3.63, 3.8) is 0 Å². The Bertz CT molecular complexity index is 479. The Morgan fingerprint density at radius 1 is 1.31 bits per heavy atom. The van der Waals surface area contributed by atoms with Crippen molar-refractivity contribution in [3.05, 3.63) is 46.8 Å². The number of aliphatic hydroxyl groups is 1. The number of hydrogen-bond donors (Lipinski definition) is 1. The molecule has 3 nitrogen and oxygen atoms in total. The van der Waals surface area contributed by atoms with Gasteiger partial charge >= 0.3 is 0 Å². The van der Waals surface area contributed by atoms with E-state index >= 15 is 0 Å². The molecule has 0 bridgehead atoms. The van der Waals surface area contributed by atoms with E-state index in [9.17, 15) is 0 Å². The van der Waals surface area contributed by atoms with E-state index in [2.05, 4.69) is 25.9 Å². The molecule has 2 aromatic rings. The largest absolute Gasteiger partial charge is 0.392 e. The Morgan fingerprint density at radius 2 is 2.19 bits per heavy atom. The second-order valence-electron chi connectivity index (χ2n) is 3.07. The van der Waals surface area contributed by atoms with E-state index in [0.29, 0.717) is 0 Å². The lowest BCUT2D eigenvalue weighted by Crippen LogP contribution is -1.85. The minimum Gasteiger partial charge on any atom is -0.392 e. The number of halogens is 1. The summed E-state index contributed by atoms with van der Waals surface area (Å²) in [6, 6.07) is 7.62. The second kappa shape index (κ2) is 5.43. The van der Waals surface area contributed by atoms with E-state index in [0.717, 1.165) is 20.0 Å². The zero-order valence-electron chi connectivity index (χ0n) is 8.30. The molecular formula is C11H9BrN2OS. The molecule has 5 heteroatoms. The first-order valence-corrected chi connectivity index (χ1v) is 6.23. The number of aliphatic hydroxyl groups excluding tert-OH is 1. The molecule has 0 aliphatic rings. The van der Waals surface area contributed by atoms with Crippen LogP contribution >= 0.6 is 27.7 Å². The van der Waals surface area contributed by atoms with Crippen LogP contribution in [-0.4, -0.2) is 15.1 Å². The molecule has 0 saturated heterocycles. The van der Waals surface area contributed by atoms with Gasteiger partial charge in [-0.05, 0) is 39.7 Å². The number of aromatic nitrogens is 2. The summed E-state index contributed by atoms with van der Waals surface area (Å²) in [6.45, 7) is 0.0526. The average molecular weight is 297 g/mol. The number of nitrogens with zero attached hydrogens (tertiary/aromatic N) is 2. The summed E-state index contributed by atoms with van der Waals surface area (Å²) < 4.78 is 0.961. The molecule has 1 aromatic heterocycles. The molecule has 0 fully saturated rings. The van der Waals surface area contributed by atoms with Crippen molar-refractivity contribution >= 4 is 27.7 Å². The minimum atomic E-state index is 0.0526. The molecule has 0 spiro atoms. The predicted octanol–water partition coefficient (Wildman–Crippen LogP) is 2.88. The van der Waals surface area contributed by atoms with Crippen molar-refractivity contribution in [2.75, 3.05) is 0 Å². The molecule has 0 atom stereocenters. The van der Waals surface area contributed by atoms with E-state index in [4.69, 9.17) is 5.11 Å². The minimum absolute atomic E-state index is 0.0526. The number of hydrogen-bond acceptors (Lipinski definition) is 4. The Hall–Kier alpha value is -0.910. The maximum Gasteiger partial charge on any atom is 0.116 e. The van der Waals surface area contributed by atoms with Crippen LogP contribution in [0.3, 0.4) is 0 Å². The van der Waals surface area contributed by atoms with Gasteiger partial charge in [0.05, 0.1) is 6.61 Å². The molecule has 0 amide bonds. The van der Waals surface area contributed by atoms with Gasteiger partial charge in [-0.3, -0.25) is 0 Å². The molecule has 0 saturated carbocycles. The lowest BCUT2D eigenvalue weighted by molar-refractivity contribution is 0.281. The van der Waals surface area contributed by atoms with Crippen LogP contribution in [-0.2, 0) is 6.61 Å². The van der Waals surface area contributed by atoms with Crippen molar-refractivity contribution in [2.24, 2.45) is 0 Å². The topological polar surface area (TPSA) is 46.0 Å². The maximum atomic E-state index is 8.99. The Balaban J connectivity index is 2.22. The normalized spacial score (nSPS) is 10.4. The van der Waals surface area contributed by atoms with Gasteiger partial charge in [0.2, 0.25) is 0 Å². The van der Waals surface area contributed by atoms with Crippen molar-refractivity contribution < 1.29 is 5.11 Å². The zero-order chi connectivity index (χ0) is 11.4. The van der Waals surface area contributed by atoms with E-state index in [1.165, 1.54) is 6.33 Å². The highest BCUT2D eigenvalue weighted by Crippen LogP contribution is 2.32. The molecule has 82 valence electrons. The Kier molecular flexibility index (Phi) is 3.93. The lowest BCUT2D eigenvalue weighted by Gasteiger charge is -2.04. The second-order valence-corrected chi connectivity index (χ2v) is 4.99. The zero-order valence-corrected chi connectivity index (χ0v) is 10.7. The molecule has 16 heavy (non-hydrogen) atoms. The van der Waals surface area contributed by atoms with Gasteiger partial charge in [0.15, 0.2) is 0 Å². The third-order valence-corrected chi connectivity index (χ3v) is 3.89. The summed E-state index contributed by atoms with van der Waals surface area (Å²) in [7, 11) is 0. The average Bonchev–Trinajstić information content (AvgIpc) is 2.33. The van der Waals surface area contributed by atoms with Crippen LogP contribution in [0.25, 0.3) is 0 Å². The quantitative estimate of drug-likeness (QED) is 0.885. The van der Waals surface area contributed by atoms with Crippen molar-refractivity contribution in [2.45, 2.75) is 16.5 Å². The van der Waals surface area contributed by atoms with E-state index < -0.39 is 0 Å². The third-order valence-electron chi connectivity index (χ3n) is 1.95. The van der Waals surface area contributed by atoms with Crippen LogP contribution in [0.15, 0.2) is 51.2 Å². The highest BCUT2D eigenvalue weighted by molar-refractivity contribution is 9.10. The summed E-state index contributed by atoms with van der Waals surface area (Å²) in [4.78, 5) is 9.07. The molecule has 1 aromatic carbocycles. The van der Waals surface area contributed by atoms with Crippen molar-refractivity contribution in [3.8, 4) is 0 Å². The first-order chi connectivity index (χ1) is 7.79. The van der Waals surface area contributed by atoms with Gasteiger partial charge in [-0.1, -0.05) is 17.8 Å². The van der Waals surface area contributed by atoms with Crippen molar-refractivity contribution in [1.29, 1.82) is 0 Å². The Morgan fingerprint density at radius 3 is 2.81 bits per heavy atom. The predicted molar refractivity (Wildman–Crippen MR) is 66.2 cm³/mol. The SMILES string of the molecule is OCc1ccc(Sc2ccncn2)c(Br)c1. The van der Waals surface area contributed by atoms with Crippen molar-refractivity contribution in [1.82, 2.24) is 9.97 Å². The van der Waals surface area contributed by atoms with Gasteiger partial charge in [0.25, 0.3) is 0 Å². The van der Waals surface area contributed by atoms with Crippen LogP contribution in [0.1, 0.15) is 5.56 Å². The number of benzene rings is 1. The van der Waals surface area contributed by atoms with Crippen LogP contribution in [0, 0.1) is 0 Å². The molecule has 1 N–H and O–H groups in total. The summed E-state index contributed by atoms with van der Waals surface area (Å²) in [6.07, 6.45) is 3.24. The highest BCUT2D eigenvalue weighted by Gasteiger charge is 2.04. The van der Waals surface area contributed by atoms with E-state index in [1.807, 2.05) is 24.3 Å². The molecule has 0 aliphatic heterocycles. The molecule has 0 aliphatic carbocycles. The maximum absolute atomic E-state index is 8.99. The third kappa shape index (κ3) is 2.81. The molecular weight excluding hydrogens is 288 g/mol. The van der Waals surface area contributed by atoms with Gasteiger partial charge in [-0.2, -0.15) is 0 Å². The molecule has 2 rings (SSSR count). The summed E-state index contributed by atoms with van der Waals surface area (Å²) in [5.74, 6) is 0. The van der Waals surface area contributed by atoms with Gasteiger partial charge in [-0.25, -0.2) is 9.97 Å². The smallest absolute Gasteiger partial charge is 0.116 e. The van der Waals surface area contributed by atoms with E-state index in [1.54, 1.807) is 18.0 Å². The summed E-state index contributed by atoms with van der Waals surface area (Å²) in [5.41, 5.74) is 0.888. The van der Waals surface area contributed by atoms with Crippen LogP contribution in [0.4, 0.5) is 0 Å². The monoisotopic (exact) mass is 296 g/mol. The fourth-order valence-electron chi connectivity index (χ4n) is 1.18. The van der Waals surface area contributed by atoms with Gasteiger partial charge < -0.3 is 5.11 Å². The molecule has 0 radical (unpaired) electrons. The Labute approximate surface area is 106 Å². The highest BCUT2D eigenvalue weighted by atomic mass is 79.9. The fourth-order valence-corrected chi connectivity index (χ4v) is 2.59. The van der Waals surface area contributed by atoms with E-state index in [-0.39, 0.29) is 6.61 Å². The standard InChI is InChI=1S/C11H9BrN2OS/c12-9-5-8(6-15)1-2-10(9)16-11-3-4-13-7-14-11/h1-5,7,15H,6H2. The summed E-state index contributed by atoms with van der Waals surface area (Å²) in [5, 5.41) is 9.89. The van der Waals surface area contributed by atoms with Gasteiger partial charge in [-0.15, -0.1) is 0 Å². The van der Waals surface area contributed by atoms with Gasteiger partial charge in [0.1, 0.15) is 11.4 Å². The van der Waals surface area contributed by atoms with Crippen LogP contribution < -0.4 is 0 Å².